The number of unbranched alkanes of at least 4 members (excludes halogenated alkanes) is 2. The fraction of sp³-hybridized carbons (Fsp3) is 0.341. The molecule has 2 N–H and O–H groups in total. The van der Waals surface area contributed by atoms with Gasteiger partial charge in [0.25, 0.3) is 0 Å². The molecule has 0 unspecified atom stereocenters. The summed E-state index contributed by atoms with van der Waals surface area (Å²) in [6.45, 7) is 6.60. The molecule has 0 fully saturated rings. The maximum absolute atomic E-state index is 9.96. The van der Waals surface area contributed by atoms with Gasteiger partial charge >= 0.3 is 0 Å². The number of fused-ring (bicyclic) bond motifs is 1. The van der Waals surface area contributed by atoms with Crippen LogP contribution in [0.2, 0.25) is 0 Å². The highest BCUT2D eigenvalue weighted by molar-refractivity contribution is 7.14. The van der Waals surface area contributed by atoms with Crippen LogP contribution >= 0.6 is 11.3 Å². The summed E-state index contributed by atoms with van der Waals surface area (Å²) in [4.78, 5) is 3.90. The largest absolute Gasteiger partial charge is 0.488 e. The van der Waals surface area contributed by atoms with E-state index in [1.165, 1.54) is 11.3 Å². The smallest absolute Gasteiger partial charge is 0.180 e. The number of rotatable bonds is 16. The van der Waals surface area contributed by atoms with E-state index < -0.39 is 5.60 Å². The molecule has 0 spiro atoms. The molecule has 1 aromatic heterocycles. The average molecular weight is 719 g/mol. The van der Waals surface area contributed by atoms with Gasteiger partial charge < -0.3 is 34.1 Å². The van der Waals surface area contributed by atoms with Gasteiger partial charge in [0.15, 0.2) is 22.8 Å². The zero-order valence-electron chi connectivity index (χ0n) is 29.4. The highest BCUT2D eigenvalue weighted by Crippen LogP contribution is 2.47. The molecular weight excluding hydrogens is 677 g/mol. The Bertz CT molecular complexity index is 1950. The van der Waals surface area contributed by atoms with E-state index in [1.807, 2.05) is 66.8 Å². The number of aliphatic hydroxyl groups excluding tert-OH is 2. The summed E-state index contributed by atoms with van der Waals surface area (Å²) in [5.74, 6) is 1.93. The van der Waals surface area contributed by atoms with E-state index in [0.717, 1.165) is 52.5 Å². The van der Waals surface area contributed by atoms with Crippen LogP contribution in [0, 0.1) is 34.0 Å². The molecular formula is C41H42N4O6S. The molecule has 2 aromatic carbocycles. The average Bonchev–Trinajstić information content (AvgIpc) is 3.65. The lowest BCUT2D eigenvalue weighted by Gasteiger charge is -2.26. The van der Waals surface area contributed by atoms with Crippen molar-refractivity contribution in [1.29, 1.82) is 15.8 Å². The Labute approximate surface area is 309 Å². The van der Waals surface area contributed by atoms with Crippen LogP contribution in [-0.4, -0.2) is 55.3 Å². The number of nitriles is 3. The fourth-order valence-electron chi connectivity index (χ4n) is 5.94. The molecule has 11 heteroatoms. The second kappa shape index (κ2) is 18.1. The van der Waals surface area contributed by atoms with Gasteiger partial charge in [-0.05, 0) is 75.5 Å². The van der Waals surface area contributed by atoms with Crippen molar-refractivity contribution in [2.24, 2.45) is 0 Å². The SMILES string of the molecule is CC1(C)OC(=C(C#N)C#N)C(C#N)=C1/C=C/c1sc(/C=C/c2ccc(N(CCCCO)CCCCO)cc2OCc2ccccc2)c2c1OCCO2. The molecule has 0 aliphatic carbocycles. The van der Waals surface area contributed by atoms with E-state index >= 15 is 0 Å². The predicted octanol–water partition coefficient (Wildman–Crippen LogP) is 7.56. The molecule has 0 radical (unpaired) electrons. The molecule has 268 valence electrons. The molecule has 0 saturated carbocycles. The van der Waals surface area contributed by atoms with Gasteiger partial charge in [-0.15, -0.1) is 11.3 Å². The van der Waals surface area contributed by atoms with Crippen molar-refractivity contribution < 1.29 is 29.2 Å². The number of hydrogen-bond acceptors (Lipinski definition) is 11. The summed E-state index contributed by atoms with van der Waals surface area (Å²) in [5, 5.41) is 47.6. The summed E-state index contributed by atoms with van der Waals surface area (Å²) in [6, 6.07) is 21.9. The van der Waals surface area contributed by atoms with E-state index in [4.69, 9.17) is 18.9 Å². The third-order valence-electron chi connectivity index (χ3n) is 8.60. The standard InChI is InChI=1S/C41H42N4O6S/c1-41(2)34(33(27-44)38(51-41)31(25-42)26-43)15-17-37-40-39(48-22-23-49-40)36(52-37)16-13-30-12-14-32(45(18-6-8-20-46)19-7-9-21-47)24-35(30)50-28-29-10-4-3-5-11-29/h3-5,10-17,24,46-47H,6-9,18-23,28H2,1-2H3/b16-13+,17-15+. The number of ether oxygens (including phenoxy) is 4. The van der Waals surface area contributed by atoms with Crippen molar-refractivity contribution in [1.82, 2.24) is 0 Å². The first-order valence-corrected chi connectivity index (χ1v) is 18.1. The number of thiophene rings is 1. The molecule has 10 nitrogen and oxygen atoms in total. The highest BCUT2D eigenvalue weighted by Gasteiger charge is 2.38. The lowest BCUT2D eigenvalue weighted by molar-refractivity contribution is 0.0954. The van der Waals surface area contributed by atoms with Gasteiger partial charge in [0.05, 0.1) is 9.75 Å². The van der Waals surface area contributed by atoms with Gasteiger partial charge in [-0.2, -0.15) is 15.8 Å². The second-order valence-electron chi connectivity index (χ2n) is 12.6. The van der Waals surface area contributed by atoms with Gasteiger partial charge in [0.2, 0.25) is 0 Å². The number of anilines is 1. The number of hydrogen-bond donors (Lipinski definition) is 2. The first-order chi connectivity index (χ1) is 25.3. The minimum absolute atomic E-state index is 0.0108. The lowest BCUT2D eigenvalue weighted by Crippen LogP contribution is -2.26. The normalized spacial score (nSPS) is 14.6. The van der Waals surface area contributed by atoms with Crippen LogP contribution in [0.1, 0.15) is 60.4 Å². The van der Waals surface area contributed by atoms with Crippen molar-refractivity contribution >= 4 is 35.3 Å². The molecule has 0 atom stereocenters. The Morgan fingerprint density at radius 1 is 0.865 bits per heavy atom. The Hall–Kier alpha value is -5.51. The number of nitrogens with zero attached hydrogens (tertiary/aromatic N) is 4. The molecule has 2 aliphatic heterocycles. The molecule has 2 aliphatic rings. The van der Waals surface area contributed by atoms with Gasteiger partial charge in [-0.3, -0.25) is 0 Å². The van der Waals surface area contributed by atoms with Gasteiger partial charge in [0, 0.05) is 49.2 Å². The molecule has 0 saturated heterocycles. The molecule has 0 bridgehead atoms. The minimum Gasteiger partial charge on any atom is -0.488 e. The van der Waals surface area contributed by atoms with Crippen molar-refractivity contribution in [2.75, 3.05) is 44.4 Å². The van der Waals surface area contributed by atoms with E-state index in [2.05, 4.69) is 23.1 Å². The van der Waals surface area contributed by atoms with Crippen LogP contribution in [0.3, 0.4) is 0 Å². The Kier molecular flexibility index (Phi) is 13.2. The van der Waals surface area contributed by atoms with Crippen molar-refractivity contribution in [2.45, 2.75) is 51.7 Å². The first-order valence-electron chi connectivity index (χ1n) is 17.3. The number of benzene rings is 2. The van der Waals surface area contributed by atoms with E-state index in [-0.39, 0.29) is 30.1 Å². The summed E-state index contributed by atoms with van der Waals surface area (Å²) in [6.07, 6.45) is 10.7. The number of allylic oxidation sites excluding steroid dienone is 2. The van der Waals surface area contributed by atoms with E-state index in [1.54, 1.807) is 19.9 Å². The molecule has 3 heterocycles. The Balaban J connectivity index is 1.49. The summed E-state index contributed by atoms with van der Waals surface area (Å²) < 4.78 is 24.5. The van der Waals surface area contributed by atoms with E-state index in [9.17, 15) is 26.0 Å². The minimum atomic E-state index is -0.942. The van der Waals surface area contributed by atoms with Crippen molar-refractivity contribution in [3.8, 4) is 35.5 Å². The topological polar surface area (TPSA) is 152 Å². The Morgan fingerprint density at radius 2 is 1.50 bits per heavy atom. The fourth-order valence-corrected chi connectivity index (χ4v) is 6.94. The number of aliphatic hydroxyl groups is 2. The third-order valence-corrected chi connectivity index (χ3v) is 9.68. The quantitative estimate of drug-likeness (QED) is 0.112. The molecule has 5 rings (SSSR count). The van der Waals surface area contributed by atoms with Gasteiger partial charge in [0.1, 0.15) is 55.0 Å². The molecule has 0 amide bonds. The molecule has 3 aromatic rings. The van der Waals surface area contributed by atoms with Crippen molar-refractivity contribution in [3.05, 3.63) is 98.0 Å². The van der Waals surface area contributed by atoms with Crippen LogP contribution in [0.4, 0.5) is 5.69 Å². The lowest BCUT2D eigenvalue weighted by atomic mass is 9.94. The van der Waals surface area contributed by atoms with E-state index in [0.29, 0.717) is 55.5 Å². The monoisotopic (exact) mass is 718 g/mol. The zero-order chi connectivity index (χ0) is 36.9. The summed E-state index contributed by atoms with van der Waals surface area (Å²) >= 11 is 1.47. The first kappa shape index (κ1) is 37.7. The van der Waals surface area contributed by atoms with Crippen LogP contribution in [0.25, 0.3) is 18.2 Å². The van der Waals surface area contributed by atoms with Crippen LogP contribution < -0.4 is 19.1 Å². The van der Waals surface area contributed by atoms with Crippen LogP contribution in [0.5, 0.6) is 17.2 Å². The summed E-state index contributed by atoms with van der Waals surface area (Å²) in [7, 11) is 0. The molecule has 52 heavy (non-hydrogen) atoms. The predicted molar refractivity (Wildman–Crippen MR) is 201 cm³/mol. The zero-order valence-corrected chi connectivity index (χ0v) is 30.2. The third kappa shape index (κ3) is 9.04. The van der Waals surface area contributed by atoms with Gasteiger partial charge in [-0.1, -0.05) is 36.4 Å². The maximum Gasteiger partial charge on any atom is 0.180 e. The Morgan fingerprint density at radius 3 is 2.10 bits per heavy atom. The summed E-state index contributed by atoms with van der Waals surface area (Å²) in [5.41, 5.74) is 2.43. The van der Waals surface area contributed by atoms with Gasteiger partial charge in [-0.25, -0.2) is 0 Å². The maximum atomic E-state index is 9.96. The van der Waals surface area contributed by atoms with Crippen molar-refractivity contribution in [3.63, 3.8) is 0 Å². The van der Waals surface area contributed by atoms with Crippen LogP contribution in [-0.2, 0) is 11.3 Å². The second-order valence-corrected chi connectivity index (χ2v) is 13.7. The van der Waals surface area contributed by atoms with Crippen LogP contribution in [0.15, 0.2) is 77.1 Å². The highest BCUT2D eigenvalue weighted by atomic mass is 32.1.